The molecule has 0 spiro atoms. The van der Waals surface area contributed by atoms with E-state index in [-0.39, 0.29) is 5.92 Å². The molecule has 1 aliphatic heterocycles. The number of imide groups is 2. The maximum atomic E-state index is 12.2. The summed E-state index contributed by atoms with van der Waals surface area (Å²) in [6, 6.07) is 7.49. The fourth-order valence-corrected chi connectivity index (χ4v) is 3.18. The Bertz CT molecular complexity index is 590. The molecule has 0 saturated carbocycles. The fourth-order valence-electron chi connectivity index (χ4n) is 3.18. The number of carbonyl (C=O) groups excluding carboxylic acids is 3. The SMILES string of the molecule is CCc1cccc(CC(CC(C)C)C2C(=O)NC(=O)NC2=O)c1. The van der Waals surface area contributed by atoms with E-state index >= 15 is 0 Å². The first kappa shape index (κ1) is 17.2. The van der Waals surface area contributed by atoms with Crippen molar-refractivity contribution in [2.75, 3.05) is 0 Å². The van der Waals surface area contributed by atoms with Crippen molar-refractivity contribution in [1.82, 2.24) is 10.6 Å². The van der Waals surface area contributed by atoms with Gasteiger partial charge in [-0.15, -0.1) is 0 Å². The molecule has 0 aliphatic carbocycles. The maximum absolute atomic E-state index is 12.2. The number of aryl methyl sites for hydroxylation is 1. The summed E-state index contributed by atoms with van der Waals surface area (Å²) in [6.45, 7) is 6.23. The van der Waals surface area contributed by atoms with E-state index < -0.39 is 23.8 Å². The molecule has 1 unspecified atom stereocenters. The van der Waals surface area contributed by atoms with Crippen molar-refractivity contribution < 1.29 is 14.4 Å². The molecule has 0 bridgehead atoms. The predicted molar refractivity (Wildman–Crippen MR) is 87.6 cm³/mol. The Hall–Kier alpha value is -2.17. The molecule has 5 nitrogen and oxygen atoms in total. The van der Waals surface area contributed by atoms with Gasteiger partial charge in [0.05, 0.1) is 0 Å². The van der Waals surface area contributed by atoms with E-state index in [0.29, 0.717) is 12.3 Å². The number of amides is 4. The second kappa shape index (κ2) is 7.40. The third-order valence-corrected chi connectivity index (χ3v) is 4.18. The number of benzene rings is 1. The summed E-state index contributed by atoms with van der Waals surface area (Å²) in [6.07, 6.45) is 2.34. The number of carbonyl (C=O) groups is 3. The Morgan fingerprint density at radius 2 is 1.65 bits per heavy atom. The lowest BCUT2D eigenvalue weighted by Gasteiger charge is -2.29. The van der Waals surface area contributed by atoms with E-state index in [4.69, 9.17) is 0 Å². The van der Waals surface area contributed by atoms with Crippen molar-refractivity contribution in [3.63, 3.8) is 0 Å². The highest BCUT2D eigenvalue weighted by atomic mass is 16.2. The van der Waals surface area contributed by atoms with Crippen molar-refractivity contribution in [3.8, 4) is 0 Å². The molecule has 1 heterocycles. The van der Waals surface area contributed by atoms with Crippen LogP contribution in [0.3, 0.4) is 0 Å². The Balaban J connectivity index is 2.23. The average molecular weight is 316 g/mol. The highest BCUT2D eigenvalue weighted by molar-refractivity contribution is 6.16. The molecule has 1 aliphatic rings. The molecule has 124 valence electrons. The zero-order valence-electron chi connectivity index (χ0n) is 13.9. The number of rotatable bonds is 6. The summed E-state index contributed by atoms with van der Waals surface area (Å²) in [7, 11) is 0. The molecule has 0 radical (unpaired) electrons. The van der Waals surface area contributed by atoms with Gasteiger partial charge in [-0.25, -0.2) is 4.79 Å². The highest BCUT2D eigenvalue weighted by Crippen LogP contribution is 2.27. The van der Waals surface area contributed by atoms with Crippen LogP contribution in [0.25, 0.3) is 0 Å². The van der Waals surface area contributed by atoms with Gasteiger partial charge >= 0.3 is 6.03 Å². The maximum Gasteiger partial charge on any atom is 0.328 e. The molecule has 0 aromatic heterocycles. The largest absolute Gasteiger partial charge is 0.328 e. The van der Waals surface area contributed by atoms with Crippen LogP contribution in [-0.2, 0) is 22.4 Å². The fraction of sp³-hybridized carbons (Fsp3) is 0.500. The number of nitrogens with one attached hydrogen (secondary N) is 2. The third-order valence-electron chi connectivity index (χ3n) is 4.18. The molecular formula is C18H24N2O3. The summed E-state index contributed by atoms with van der Waals surface area (Å²) < 4.78 is 0. The summed E-state index contributed by atoms with van der Waals surface area (Å²) in [5.41, 5.74) is 2.35. The van der Waals surface area contributed by atoms with Crippen LogP contribution in [-0.4, -0.2) is 17.8 Å². The highest BCUT2D eigenvalue weighted by Gasteiger charge is 2.40. The normalized spacial score (nSPS) is 17.1. The Morgan fingerprint density at radius 1 is 1.04 bits per heavy atom. The van der Waals surface area contributed by atoms with E-state index in [1.165, 1.54) is 5.56 Å². The van der Waals surface area contributed by atoms with Gasteiger partial charge in [0.2, 0.25) is 11.8 Å². The second-order valence-corrected chi connectivity index (χ2v) is 6.55. The van der Waals surface area contributed by atoms with Gasteiger partial charge in [0, 0.05) is 0 Å². The second-order valence-electron chi connectivity index (χ2n) is 6.55. The van der Waals surface area contributed by atoms with E-state index in [1.54, 1.807) is 0 Å². The molecule has 2 N–H and O–H groups in total. The third kappa shape index (κ3) is 4.41. The van der Waals surface area contributed by atoms with E-state index in [0.717, 1.165) is 18.4 Å². The topological polar surface area (TPSA) is 75.3 Å². The minimum atomic E-state index is -0.819. The van der Waals surface area contributed by atoms with Crippen molar-refractivity contribution in [3.05, 3.63) is 35.4 Å². The lowest BCUT2D eigenvalue weighted by molar-refractivity contribution is -0.138. The van der Waals surface area contributed by atoms with E-state index in [1.807, 2.05) is 12.1 Å². The van der Waals surface area contributed by atoms with Crippen LogP contribution in [0.4, 0.5) is 4.79 Å². The number of hydrogen-bond donors (Lipinski definition) is 2. The zero-order chi connectivity index (χ0) is 17.0. The van der Waals surface area contributed by atoms with Crippen molar-refractivity contribution in [1.29, 1.82) is 0 Å². The van der Waals surface area contributed by atoms with Crippen LogP contribution >= 0.6 is 0 Å². The summed E-state index contributed by atoms with van der Waals surface area (Å²) in [5, 5.41) is 4.42. The molecule has 1 atom stereocenters. The molecule has 5 heteroatoms. The monoisotopic (exact) mass is 316 g/mol. The van der Waals surface area contributed by atoms with Gasteiger partial charge in [-0.1, -0.05) is 45.0 Å². The number of urea groups is 1. The van der Waals surface area contributed by atoms with Crippen molar-refractivity contribution in [2.24, 2.45) is 17.8 Å². The molecular weight excluding hydrogens is 292 g/mol. The summed E-state index contributed by atoms with van der Waals surface area (Å²) in [4.78, 5) is 35.6. The van der Waals surface area contributed by atoms with E-state index in [9.17, 15) is 14.4 Å². The minimum Gasteiger partial charge on any atom is -0.277 e. The van der Waals surface area contributed by atoms with Crippen molar-refractivity contribution in [2.45, 2.75) is 40.0 Å². The Morgan fingerprint density at radius 3 is 2.22 bits per heavy atom. The van der Waals surface area contributed by atoms with Gasteiger partial charge in [-0.05, 0) is 42.2 Å². The minimum absolute atomic E-state index is 0.129. The molecule has 1 aromatic rings. The smallest absolute Gasteiger partial charge is 0.277 e. The van der Waals surface area contributed by atoms with Gasteiger partial charge in [-0.3, -0.25) is 20.2 Å². The van der Waals surface area contributed by atoms with Gasteiger partial charge in [-0.2, -0.15) is 0 Å². The lowest BCUT2D eigenvalue weighted by atomic mass is 9.79. The average Bonchev–Trinajstić information content (AvgIpc) is 2.45. The first-order chi connectivity index (χ1) is 10.9. The molecule has 1 saturated heterocycles. The Labute approximate surface area is 136 Å². The molecule has 2 rings (SSSR count). The van der Waals surface area contributed by atoms with Crippen LogP contribution in [0.2, 0.25) is 0 Å². The summed E-state index contributed by atoms with van der Waals surface area (Å²) >= 11 is 0. The van der Waals surface area contributed by atoms with Gasteiger partial charge in [0.1, 0.15) is 5.92 Å². The van der Waals surface area contributed by atoms with E-state index in [2.05, 4.69) is 43.5 Å². The first-order valence-electron chi connectivity index (χ1n) is 8.14. The van der Waals surface area contributed by atoms with Crippen LogP contribution in [0, 0.1) is 17.8 Å². The Kier molecular flexibility index (Phi) is 5.53. The van der Waals surface area contributed by atoms with Crippen LogP contribution < -0.4 is 10.6 Å². The molecule has 4 amide bonds. The van der Waals surface area contributed by atoms with Gasteiger partial charge in [0.25, 0.3) is 0 Å². The van der Waals surface area contributed by atoms with Gasteiger partial charge in [0.15, 0.2) is 0 Å². The zero-order valence-corrected chi connectivity index (χ0v) is 13.9. The number of hydrogen-bond acceptors (Lipinski definition) is 3. The first-order valence-corrected chi connectivity index (χ1v) is 8.14. The van der Waals surface area contributed by atoms with Crippen LogP contribution in [0.5, 0.6) is 0 Å². The quantitative estimate of drug-likeness (QED) is 0.792. The van der Waals surface area contributed by atoms with Crippen LogP contribution in [0.15, 0.2) is 24.3 Å². The standard InChI is InChI=1S/C18H24N2O3/c1-4-12-6-5-7-13(9-12)10-14(8-11(2)3)15-16(21)19-18(23)20-17(15)22/h5-7,9,11,14-15H,4,8,10H2,1-3H3,(H2,19,20,21,22,23). The van der Waals surface area contributed by atoms with Crippen LogP contribution in [0.1, 0.15) is 38.3 Å². The number of barbiturate groups is 1. The lowest BCUT2D eigenvalue weighted by Crippen LogP contribution is -2.58. The van der Waals surface area contributed by atoms with Crippen molar-refractivity contribution >= 4 is 17.8 Å². The summed E-state index contributed by atoms with van der Waals surface area (Å²) in [5.74, 6) is -1.57. The molecule has 1 fully saturated rings. The van der Waals surface area contributed by atoms with Gasteiger partial charge < -0.3 is 0 Å². The predicted octanol–water partition coefficient (Wildman–Crippen LogP) is 2.44. The molecule has 23 heavy (non-hydrogen) atoms. The molecule has 1 aromatic carbocycles.